The normalized spacial score (nSPS) is 12.3. The molecule has 0 aliphatic heterocycles. The van der Waals surface area contributed by atoms with Crippen molar-refractivity contribution in [2.24, 2.45) is 0 Å². The lowest BCUT2D eigenvalue weighted by Crippen LogP contribution is -2.30. The van der Waals surface area contributed by atoms with Gasteiger partial charge in [0.05, 0.1) is 6.04 Å². The number of imidazole rings is 1. The number of aromatic nitrogens is 4. The molecule has 84 valence electrons. The molecule has 2 aromatic heterocycles. The van der Waals surface area contributed by atoms with Crippen LogP contribution in [0.4, 0.5) is 0 Å². The summed E-state index contributed by atoms with van der Waals surface area (Å²) in [5.41, 5.74) is 0. The zero-order valence-electron chi connectivity index (χ0n) is 8.92. The van der Waals surface area contributed by atoms with Gasteiger partial charge in [-0.25, -0.2) is 4.98 Å². The first-order valence-corrected chi connectivity index (χ1v) is 5.02. The van der Waals surface area contributed by atoms with Crippen molar-refractivity contribution in [3.63, 3.8) is 0 Å². The summed E-state index contributed by atoms with van der Waals surface area (Å²) in [4.78, 5) is 18.6. The van der Waals surface area contributed by atoms with E-state index < -0.39 is 0 Å². The number of rotatable bonds is 4. The number of hydrogen-bond donors (Lipinski definition) is 2. The van der Waals surface area contributed by atoms with Gasteiger partial charge in [-0.2, -0.15) is 5.10 Å². The molecular formula is C10H13N5O. The van der Waals surface area contributed by atoms with Gasteiger partial charge in [0.2, 0.25) is 5.91 Å². The molecule has 6 heteroatoms. The summed E-state index contributed by atoms with van der Waals surface area (Å²) in [6.45, 7) is 2.10. The number of H-pyrrole nitrogens is 1. The third kappa shape index (κ3) is 2.47. The highest BCUT2D eigenvalue weighted by Gasteiger charge is 2.11. The lowest BCUT2D eigenvalue weighted by molar-refractivity contribution is -0.122. The zero-order chi connectivity index (χ0) is 11.4. The van der Waals surface area contributed by atoms with Crippen molar-refractivity contribution in [3.8, 4) is 0 Å². The SMILES string of the molecule is CC(NC(=O)Cn1cccn1)c1ncc[nH]1. The number of carbonyl (C=O) groups is 1. The minimum absolute atomic E-state index is 0.0902. The van der Waals surface area contributed by atoms with Crippen LogP contribution in [0, 0.1) is 0 Å². The second kappa shape index (κ2) is 4.61. The maximum absolute atomic E-state index is 11.6. The topological polar surface area (TPSA) is 75.6 Å². The highest BCUT2D eigenvalue weighted by molar-refractivity contribution is 5.75. The fraction of sp³-hybridized carbons (Fsp3) is 0.300. The molecule has 0 saturated heterocycles. The Morgan fingerprint density at radius 2 is 2.50 bits per heavy atom. The first-order chi connectivity index (χ1) is 7.75. The fourth-order valence-electron chi connectivity index (χ4n) is 1.41. The molecule has 2 aromatic rings. The van der Waals surface area contributed by atoms with Gasteiger partial charge in [-0.05, 0) is 13.0 Å². The van der Waals surface area contributed by atoms with Crippen molar-refractivity contribution < 1.29 is 4.79 Å². The van der Waals surface area contributed by atoms with Crippen LogP contribution in [-0.4, -0.2) is 25.7 Å². The smallest absolute Gasteiger partial charge is 0.242 e. The van der Waals surface area contributed by atoms with Crippen molar-refractivity contribution in [1.82, 2.24) is 25.1 Å². The van der Waals surface area contributed by atoms with E-state index in [2.05, 4.69) is 20.4 Å². The Morgan fingerprint density at radius 3 is 3.12 bits per heavy atom. The van der Waals surface area contributed by atoms with Crippen LogP contribution in [0.15, 0.2) is 30.9 Å². The second-order valence-electron chi connectivity index (χ2n) is 3.47. The summed E-state index contributed by atoms with van der Waals surface area (Å²) in [6, 6.07) is 1.65. The van der Waals surface area contributed by atoms with Crippen LogP contribution in [0.2, 0.25) is 0 Å². The van der Waals surface area contributed by atoms with Gasteiger partial charge in [0.25, 0.3) is 0 Å². The maximum Gasteiger partial charge on any atom is 0.242 e. The van der Waals surface area contributed by atoms with Crippen molar-refractivity contribution in [1.29, 1.82) is 0 Å². The quantitative estimate of drug-likeness (QED) is 0.785. The summed E-state index contributed by atoms with van der Waals surface area (Å²) in [5, 5.41) is 6.79. The third-order valence-electron chi connectivity index (χ3n) is 2.17. The number of amides is 1. The van der Waals surface area contributed by atoms with Gasteiger partial charge in [-0.15, -0.1) is 0 Å². The number of carbonyl (C=O) groups excluding carboxylic acids is 1. The molecule has 0 fully saturated rings. The number of nitrogens with one attached hydrogen (secondary N) is 2. The Hall–Kier alpha value is -2.11. The second-order valence-corrected chi connectivity index (χ2v) is 3.47. The first-order valence-electron chi connectivity index (χ1n) is 5.02. The monoisotopic (exact) mass is 219 g/mol. The van der Waals surface area contributed by atoms with E-state index in [9.17, 15) is 4.79 Å². The molecule has 1 amide bonds. The van der Waals surface area contributed by atoms with E-state index in [-0.39, 0.29) is 18.5 Å². The van der Waals surface area contributed by atoms with Gasteiger partial charge in [-0.3, -0.25) is 9.48 Å². The summed E-state index contributed by atoms with van der Waals surface area (Å²) in [5.74, 6) is 0.654. The fourth-order valence-corrected chi connectivity index (χ4v) is 1.41. The molecule has 0 saturated carbocycles. The maximum atomic E-state index is 11.6. The highest BCUT2D eigenvalue weighted by Crippen LogP contribution is 2.04. The number of aromatic amines is 1. The van der Waals surface area contributed by atoms with Crippen molar-refractivity contribution in [2.45, 2.75) is 19.5 Å². The summed E-state index contributed by atoms with van der Waals surface area (Å²) >= 11 is 0. The van der Waals surface area contributed by atoms with Crippen LogP contribution in [0.25, 0.3) is 0 Å². The van der Waals surface area contributed by atoms with E-state index in [1.54, 1.807) is 35.5 Å². The van der Waals surface area contributed by atoms with Gasteiger partial charge in [0.15, 0.2) is 0 Å². The largest absolute Gasteiger partial charge is 0.347 e. The van der Waals surface area contributed by atoms with E-state index in [1.807, 2.05) is 6.92 Å². The van der Waals surface area contributed by atoms with Gasteiger partial charge < -0.3 is 10.3 Å². The summed E-state index contributed by atoms with van der Waals surface area (Å²) in [7, 11) is 0. The van der Waals surface area contributed by atoms with Gasteiger partial charge >= 0.3 is 0 Å². The lowest BCUT2D eigenvalue weighted by Gasteiger charge is -2.11. The predicted molar refractivity (Wildman–Crippen MR) is 57.4 cm³/mol. The van der Waals surface area contributed by atoms with E-state index in [4.69, 9.17) is 0 Å². The molecule has 6 nitrogen and oxygen atoms in total. The molecule has 0 spiro atoms. The van der Waals surface area contributed by atoms with E-state index >= 15 is 0 Å². The van der Waals surface area contributed by atoms with Crippen LogP contribution in [-0.2, 0) is 11.3 Å². The molecule has 0 aromatic carbocycles. The average Bonchev–Trinajstić information content (AvgIpc) is 2.88. The molecule has 0 radical (unpaired) electrons. The van der Waals surface area contributed by atoms with Gasteiger partial charge in [0, 0.05) is 24.8 Å². The third-order valence-corrected chi connectivity index (χ3v) is 2.17. The molecular weight excluding hydrogens is 206 g/mol. The standard InChI is InChI=1S/C10H13N5O/c1-8(10-11-4-5-12-10)14-9(16)7-15-6-2-3-13-15/h2-6,8H,7H2,1H3,(H,11,12)(H,14,16). The summed E-state index contributed by atoms with van der Waals surface area (Å²) < 4.78 is 1.57. The Labute approximate surface area is 92.7 Å². The molecule has 2 heterocycles. The Balaban J connectivity index is 1.88. The van der Waals surface area contributed by atoms with E-state index in [0.717, 1.165) is 5.82 Å². The van der Waals surface area contributed by atoms with Crippen LogP contribution >= 0.6 is 0 Å². The van der Waals surface area contributed by atoms with Crippen LogP contribution in [0.1, 0.15) is 18.8 Å². The molecule has 0 bridgehead atoms. The Kier molecular flexibility index (Phi) is 3.00. The number of hydrogen-bond acceptors (Lipinski definition) is 3. The van der Waals surface area contributed by atoms with Crippen molar-refractivity contribution in [2.75, 3.05) is 0 Å². The van der Waals surface area contributed by atoms with Gasteiger partial charge in [0.1, 0.15) is 12.4 Å². The number of nitrogens with zero attached hydrogens (tertiary/aromatic N) is 3. The molecule has 1 unspecified atom stereocenters. The minimum atomic E-state index is -0.127. The first kappa shape index (κ1) is 10.4. The molecule has 2 N–H and O–H groups in total. The molecule has 2 rings (SSSR count). The van der Waals surface area contributed by atoms with Crippen LogP contribution in [0.3, 0.4) is 0 Å². The van der Waals surface area contributed by atoms with Crippen molar-refractivity contribution >= 4 is 5.91 Å². The predicted octanol–water partition coefficient (Wildman–Crippen LogP) is 0.484. The summed E-state index contributed by atoms with van der Waals surface area (Å²) in [6.07, 6.45) is 6.78. The van der Waals surface area contributed by atoms with Crippen LogP contribution in [0.5, 0.6) is 0 Å². The van der Waals surface area contributed by atoms with Crippen LogP contribution < -0.4 is 5.32 Å². The highest BCUT2D eigenvalue weighted by atomic mass is 16.2. The molecule has 0 aliphatic carbocycles. The van der Waals surface area contributed by atoms with E-state index in [0.29, 0.717) is 0 Å². The molecule has 16 heavy (non-hydrogen) atoms. The minimum Gasteiger partial charge on any atom is -0.347 e. The van der Waals surface area contributed by atoms with Gasteiger partial charge in [-0.1, -0.05) is 0 Å². The lowest BCUT2D eigenvalue weighted by atomic mass is 10.3. The zero-order valence-corrected chi connectivity index (χ0v) is 8.92. The van der Waals surface area contributed by atoms with E-state index in [1.165, 1.54) is 0 Å². The molecule has 1 atom stereocenters. The Morgan fingerprint density at radius 1 is 1.62 bits per heavy atom. The Bertz CT molecular complexity index is 434. The average molecular weight is 219 g/mol. The molecule has 0 aliphatic rings. The van der Waals surface area contributed by atoms with Crippen molar-refractivity contribution in [3.05, 3.63) is 36.7 Å².